The first kappa shape index (κ1) is 9.04. The fourth-order valence-corrected chi connectivity index (χ4v) is 4.93. The number of likely N-dealkylation sites (tertiary alicyclic amines) is 1. The molecule has 5 nitrogen and oxygen atoms in total. The van der Waals surface area contributed by atoms with Gasteiger partial charge in [0, 0.05) is 24.8 Å². The maximum Gasteiger partial charge on any atom is 0.174 e. The van der Waals surface area contributed by atoms with Crippen LogP contribution in [0.5, 0.6) is 11.5 Å². The Bertz CT molecular complexity index is 951. The number of methoxy groups -OCH3 is 1. The molecule has 0 radical (unpaired) electrons. The predicted octanol–water partition coefficient (Wildman–Crippen LogP) is 1.05. The summed E-state index contributed by atoms with van der Waals surface area (Å²) in [7, 11) is 1.45. The highest BCUT2D eigenvalue weighted by Crippen LogP contribution is 2.64. The predicted molar refractivity (Wildman–Crippen MR) is 83.0 cm³/mol. The first-order valence-corrected chi connectivity index (χ1v) is 7.75. The molecule has 5 rings (SSSR count). The van der Waals surface area contributed by atoms with Crippen LogP contribution in [0.25, 0.3) is 0 Å². The molecule has 1 saturated heterocycles. The summed E-state index contributed by atoms with van der Waals surface area (Å²) in [6, 6.07) is 1.30. The molecule has 1 aromatic rings. The van der Waals surface area contributed by atoms with Gasteiger partial charge in [0.2, 0.25) is 0 Å². The summed E-state index contributed by atoms with van der Waals surface area (Å²) in [4.78, 5) is 14.0. The van der Waals surface area contributed by atoms with Gasteiger partial charge in [0.15, 0.2) is 23.4 Å². The summed E-state index contributed by atoms with van der Waals surface area (Å²) in [5.41, 5.74) is -2.36. The topological polar surface area (TPSA) is 59.0 Å². The van der Waals surface area contributed by atoms with E-state index in [0.717, 1.165) is 4.90 Å². The van der Waals surface area contributed by atoms with Crippen LogP contribution in [0.4, 0.5) is 0 Å². The molecule has 1 spiro atoms. The van der Waals surface area contributed by atoms with Crippen molar-refractivity contribution in [2.24, 2.45) is 0 Å². The number of Topliss-reactive ketones (excluding diaryl/α,β-unsaturated/α-hetero) is 1. The molecular formula is C18H21NO4. The Labute approximate surface area is 143 Å². The zero-order chi connectivity index (χ0) is 21.2. The van der Waals surface area contributed by atoms with Crippen LogP contribution in [-0.4, -0.2) is 54.1 Å². The molecule has 1 unspecified atom stereocenters. The van der Waals surface area contributed by atoms with Gasteiger partial charge in [-0.25, -0.2) is 0 Å². The van der Waals surface area contributed by atoms with Crippen LogP contribution in [-0.2, 0) is 16.6 Å². The molecule has 2 fully saturated rings. The van der Waals surface area contributed by atoms with E-state index in [1.807, 2.05) is 0 Å². The molecule has 2 bridgehead atoms. The molecule has 4 aliphatic rings. The van der Waals surface area contributed by atoms with Crippen molar-refractivity contribution >= 4 is 5.78 Å². The van der Waals surface area contributed by atoms with Crippen molar-refractivity contribution in [3.63, 3.8) is 0 Å². The van der Waals surface area contributed by atoms with Crippen molar-refractivity contribution in [2.75, 3.05) is 20.6 Å². The standard InChI is InChI=1S/C18H21NO4/c1-19-8-7-17-14-10-3-4-12(22-2)15(14)23-16(17)11(20)5-6-18(17,21)13(19)9-10/h3-4,13,16,21H,5-9H2,1-2H3/t13-,16?,17+,18-/m1/s1/i1D3,5D2,13D. The van der Waals surface area contributed by atoms with E-state index in [1.54, 1.807) is 12.1 Å². The first-order valence-electron chi connectivity index (χ1n) is 10.7. The van der Waals surface area contributed by atoms with Crippen LogP contribution in [0.1, 0.15) is 38.6 Å². The van der Waals surface area contributed by atoms with Gasteiger partial charge in [-0.3, -0.25) is 4.79 Å². The maximum atomic E-state index is 13.1. The van der Waals surface area contributed by atoms with Crippen molar-refractivity contribution in [2.45, 2.75) is 48.8 Å². The lowest BCUT2D eigenvalue weighted by Gasteiger charge is -2.62. The van der Waals surface area contributed by atoms with E-state index in [-0.39, 0.29) is 25.1 Å². The van der Waals surface area contributed by atoms with Crippen molar-refractivity contribution in [3.05, 3.63) is 23.3 Å². The van der Waals surface area contributed by atoms with Crippen LogP contribution in [0.3, 0.4) is 0 Å². The summed E-state index contributed by atoms with van der Waals surface area (Å²) < 4.78 is 60.9. The lowest BCUT2D eigenvalue weighted by molar-refractivity contribution is -0.185. The zero-order valence-corrected chi connectivity index (χ0v) is 12.7. The van der Waals surface area contributed by atoms with Gasteiger partial charge >= 0.3 is 0 Å². The Hall–Kier alpha value is -1.59. The molecule has 1 saturated carbocycles. The molecule has 5 heteroatoms. The molecule has 4 atom stereocenters. The van der Waals surface area contributed by atoms with E-state index >= 15 is 0 Å². The molecule has 1 N–H and O–H groups in total. The van der Waals surface area contributed by atoms with Crippen LogP contribution in [0.15, 0.2) is 12.1 Å². The van der Waals surface area contributed by atoms with E-state index in [2.05, 4.69) is 0 Å². The number of rotatable bonds is 1. The fourth-order valence-electron chi connectivity index (χ4n) is 4.93. The molecular weight excluding hydrogens is 294 g/mol. The first-order chi connectivity index (χ1) is 13.3. The molecule has 0 aromatic heterocycles. The number of likely N-dealkylation sites (N-methyl/N-ethyl adjacent to an activating group) is 1. The highest BCUT2D eigenvalue weighted by Gasteiger charge is 2.72. The van der Waals surface area contributed by atoms with Crippen molar-refractivity contribution in [1.29, 1.82) is 0 Å². The zero-order valence-electron chi connectivity index (χ0n) is 18.7. The van der Waals surface area contributed by atoms with Crippen molar-refractivity contribution in [1.82, 2.24) is 4.90 Å². The number of aliphatic hydroxyl groups is 1. The number of ether oxygens (including phenoxy) is 2. The molecule has 23 heavy (non-hydrogen) atoms. The summed E-state index contributed by atoms with van der Waals surface area (Å²) in [6.07, 6.45) is -4.53. The van der Waals surface area contributed by atoms with Crippen LogP contribution >= 0.6 is 0 Å². The third kappa shape index (κ3) is 1.32. The summed E-state index contributed by atoms with van der Waals surface area (Å²) in [5, 5.41) is 12.0. The van der Waals surface area contributed by atoms with E-state index in [1.165, 1.54) is 7.11 Å². The molecule has 1 aromatic carbocycles. The number of piperidine rings is 1. The second-order valence-electron chi connectivity index (χ2n) is 6.70. The van der Waals surface area contributed by atoms with Gasteiger partial charge in [0.25, 0.3) is 0 Å². The Morgan fingerprint density at radius 1 is 1.57 bits per heavy atom. The second-order valence-corrected chi connectivity index (χ2v) is 6.70. The minimum absolute atomic E-state index is 0.0471. The highest BCUT2D eigenvalue weighted by molar-refractivity contribution is 5.90. The van der Waals surface area contributed by atoms with Gasteiger partial charge in [-0.2, -0.15) is 0 Å². The van der Waals surface area contributed by atoms with E-state index in [0.29, 0.717) is 16.9 Å². The Morgan fingerprint density at radius 2 is 2.43 bits per heavy atom. The van der Waals surface area contributed by atoms with Crippen LogP contribution < -0.4 is 9.47 Å². The third-order valence-electron chi connectivity index (χ3n) is 5.94. The number of carbonyl (C=O) groups is 1. The van der Waals surface area contributed by atoms with Gasteiger partial charge < -0.3 is 19.5 Å². The second kappa shape index (κ2) is 4.08. The van der Waals surface area contributed by atoms with Crippen molar-refractivity contribution in [3.8, 4) is 11.5 Å². The molecule has 122 valence electrons. The Balaban J connectivity index is 1.87. The number of carbonyl (C=O) groups excluding carboxylic acids is 1. The van der Waals surface area contributed by atoms with Crippen molar-refractivity contribution < 1.29 is 27.6 Å². The number of benzene rings is 1. The maximum absolute atomic E-state index is 13.1. The monoisotopic (exact) mass is 321 g/mol. The lowest BCUT2D eigenvalue weighted by atomic mass is 9.49. The van der Waals surface area contributed by atoms with E-state index in [9.17, 15) is 11.3 Å². The van der Waals surface area contributed by atoms with Gasteiger partial charge in [-0.1, -0.05) is 6.07 Å². The molecule has 2 heterocycles. The molecule has 2 aliphatic heterocycles. The average Bonchev–Trinajstić information content (AvgIpc) is 2.93. The van der Waals surface area contributed by atoms with Gasteiger partial charge in [-0.05, 0) is 44.4 Å². The smallest absolute Gasteiger partial charge is 0.174 e. The highest BCUT2D eigenvalue weighted by atomic mass is 16.5. The largest absolute Gasteiger partial charge is 0.493 e. The van der Waals surface area contributed by atoms with Crippen LogP contribution in [0, 0.1) is 0 Å². The van der Waals surface area contributed by atoms with Gasteiger partial charge in [0.05, 0.1) is 19.5 Å². The summed E-state index contributed by atoms with van der Waals surface area (Å²) in [5.74, 6) is -0.152. The quantitative estimate of drug-likeness (QED) is 0.838. The van der Waals surface area contributed by atoms with Gasteiger partial charge in [-0.15, -0.1) is 0 Å². The summed E-state index contributed by atoms with van der Waals surface area (Å²) in [6.45, 7) is -2.70. The Morgan fingerprint density at radius 3 is 3.22 bits per heavy atom. The van der Waals surface area contributed by atoms with E-state index in [4.69, 9.17) is 16.3 Å². The molecule has 0 amide bonds. The number of ketones is 1. The number of hydrogen-bond donors (Lipinski definition) is 1. The normalized spacial score (nSPS) is 50.3. The third-order valence-corrected chi connectivity index (χ3v) is 5.94. The summed E-state index contributed by atoms with van der Waals surface area (Å²) >= 11 is 0. The number of hydrogen-bond acceptors (Lipinski definition) is 5. The van der Waals surface area contributed by atoms with Gasteiger partial charge in [0.1, 0.15) is 0 Å². The average molecular weight is 321 g/mol. The Kier molecular flexibility index (Phi) is 1.60. The molecule has 2 aliphatic carbocycles. The fraction of sp³-hybridized carbons (Fsp3) is 0.611. The SMILES string of the molecule is [2H]C1([2H])C[C@]2(O)[C@@]34CCN(C([2H])([2H])[2H])[C@]2([2H])Cc2ccc(OC)c(c23)OC4C1=O. The minimum Gasteiger partial charge on any atom is -0.493 e. The van der Waals surface area contributed by atoms with Crippen LogP contribution in [0.2, 0.25) is 0 Å². The lowest BCUT2D eigenvalue weighted by Crippen LogP contribution is -2.76. The minimum atomic E-state index is -2.66. The van der Waals surface area contributed by atoms with E-state index < -0.39 is 48.7 Å². The number of nitrogens with zero attached hydrogens (tertiary/aromatic N) is 1.